The number of aromatic nitrogens is 3. The minimum Gasteiger partial charge on any atom is -0.316 e. The smallest absolute Gasteiger partial charge is 0.316 e. The first-order chi connectivity index (χ1) is 9.19. The van der Waals surface area contributed by atoms with E-state index in [1.54, 1.807) is 11.8 Å². The van der Waals surface area contributed by atoms with Gasteiger partial charge in [0.05, 0.1) is 0 Å². The van der Waals surface area contributed by atoms with Gasteiger partial charge < -0.3 is 5.32 Å². The number of hydrogen-bond donors (Lipinski definition) is 2. The van der Waals surface area contributed by atoms with Gasteiger partial charge in [-0.15, -0.1) is 5.10 Å². The quantitative estimate of drug-likeness (QED) is 0.883. The standard InChI is InChI=1S/C13H22N4OS/c1-8-3-6-10(14-2)11(7-8)19-13-16-15-12(18)17(13)9-4-5-9/h8-11,14H,3-7H2,1-2H3,(H,15,18). The fourth-order valence-electron chi connectivity index (χ4n) is 2.95. The maximum Gasteiger partial charge on any atom is 0.344 e. The summed E-state index contributed by atoms with van der Waals surface area (Å²) in [5, 5.41) is 11.7. The molecule has 2 saturated carbocycles. The van der Waals surface area contributed by atoms with Crippen LogP contribution in [0.1, 0.15) is 45.1 Å². The van der Waals surface area contributed by atoms with Crippen LogP contribution in [0.5, 0.6) is 0 Å². The first kappa shape index (κ1) is 13.2. The van der Waals surface area contributed by atoms with Gasteiger partial charge in [-0.25, -0.2) is 9.89 Å². The van der Waals surface area contributed by atoms with E-state index in [1.807, 2.05) is 11.6 Å². The molecule has 1 aromatic rings. The summed E-state index contributed by atoms with van der Waals surface area (Å²) in [6, 6.07) is 0.920. The van der Waals surface area contributed by atoms with Gasteiger partial charge >= 0.3 is 5.69 Å². The molecular formula is C13H22N4OS. The van der Waals surface area contributed by atoms with Crippen LogP contribution in [0.2, 0.25) is 0 Å². The van der Waals surface area contributed by atoms with Gasteiger partial charge in [-0.1, -0.05) is 18.7 Å². The SMILES string of the molecule is CNC1CCC(C)CC1Sc1n[nH]c(=O)n1C1CC1. The molecule has 0 spiro atoms. The highest BCUT2D eigenvalue weighted by Gasteiger charge is 2.33. The number of aromatic amines is 1. The highest BCUT2D eigenvalue weighted by atomic mass is 32.2. The van der Waals surface area contributed by atoms with Crippen molar-refractivity contribution >= 4 is 11.8 Å². The van der Waals surface area contributed by atoms with Crippen molar-refractivity contribution in [1.29, 1.82) is 0 Å². The largest absolute Gasteiger partial charge is 0.344 e. The van der Waals surface area contributed by atoms with Gasteiger partial charge in [-0.05, 0) is 45.1 Å². The Balaban J connectivity index is 1.77. The highest BCUT2D eigenvalue weighted by molar-refractivity contribution is 7.99. The van der Waals surface area contributed by atoms with Gasteiger partial charge in [0.2, 0.25) is 0 Å². The molecule has 2 aliphatic rings. The molecule has 2 fully saturated rings. The van der Waals surface area contributed by atoms with E-state index in [0.29, 0.717) is 17.3 Å². The molecule has 5 nitrogen and oxygen atoms in total. The second-order valence-electron chi connectivity index (χ2n) is 5.88. The number of nitrogens with one attached hydrogen (secondary N) is 2. The van der Waals surface area contributed by atoms with Crippen molar-refractivity contribution in [3.05, 3.63) is 10.5 Å². The molecule has 3 rings (SSSR count). The van der Waals surface area contributed by atoms with Gasteiger partial charge in [0.25, 0.3) is 0 Å². The van der Waals surface area contributed by atoms with Crippen LogP contribution in [0.4, 0.5) is 0 Å². The predicted octanol–water partition coefficient (Wildman–Crippen LogP) is 1.77. The van der Waals surface area contributed by atoms with Crippen LogP contribution in [0.3, 0.4) is 0 Å². The minimum absolute atomic E-state index is 0.0464. The monoisotopic (exact) mass is 282 g/mol. The normalized spacial score (nSPS) is 31.6. The van der Waals surface area contributed by atoms with Crippen LogP contribution in [-0.2, 0) is 0 Å². The summed E-state index contributed by atoms with van der Waals surface area (Å²) in [6.45, 7) is 2.32. The van der Waals surface area contributed by atoms with E-state index in [9.17, 15) is 4.79 Å². The fraction of sp³-hybridized carbons (Fsp3) is 0.846. The number of nitrogens with zero attached hydrogens (tertiary/aromatic N) is 2. The molecule has 3 unspecified atom stereocenters. The average Bonchev–Trinajstić information content (AvgIpc) is 3.15. The number of rotatable bonds is 4. The zero-order valence-electron chi connectivity index (χ0n) is 11.6. The molecule has 6 heteroatoms. The molecule has 0 amide bonds. The molecule has 106 valence electrons. The molecule has 0 aromatic carbocycles. The summed E-state index contributed by atoms with van der Waals surface area (Å²) in [4.78, 5) is 11.8. The van der Waals surface area contributed by atoms with E-state index < -0.39 is 0 Å². The number of thioether (sulfide) groups is 1. The van der Waals surface area contributed by atoms with E-state index in [2.05, 4.69) is 22.4 Å². The van der Waals surface area contributed by atoms with Crippen molar-refractivity contribution in [1.82, 2.24) is 20.1 Å². The lowest BCUT2D eigenvalue weighted by atomic mass is 9.87. The maximum absolute atomic E-state index is 11.8. The lowest BCUT2D eigenvalue weighted by Crippen LogP contribution is -2.40. The molecule has 0 bridgehead atoms. The number of H-pyrrole nitrogens is 1. The van der Waals surface area contributed by atoms with Crippen molar-refractivity contribution in [2.75, 3.05) is 7.05 Å². The summed E-state index contributed by atoms with van der Waals surface area (Å²) in [7, 11) is 2.03. The lowest BCUT2D eigenvalue weighted by molar-refractivity contribution is 0.328. The van der Waals surface area contributed by atoms with Gasteiger partial charge in [-0.3, -0.25) is 4.57 Å². The topological polar surface area (TPSA) is 62.7 Å². The molecule has 0 radical (unpaired) electrons. The van der Waals surface area contributed by atoms with Crippen LogP contribution < -0.4 is 11.0 Å². The first-order valence-electron chi connectivity index (χ1n) is 7.20. The van der Waals surface area contributed by atoms with Crippen LogP contribution in [0, 0.1) is 5.92 Å². The van der Waals surface area contributed by atoms with Crippen molar-refractivity contribution in [3.63, 3.8) is 0 Å². The Labute approximate surface area is 117 Å². The van der Waals surface area contributed by atoms with E-state index in [1.165, 1.54) is 19.3 Å². The molecule has 2 aliphatic carbocycles. The third-order valence-electron chi connectivity index (χ3n) is 4.27. The molecule has 2 N–H and O–H groups in total. The van der Waals surface area contributed by atoms with Crippen molar-refractivity contribution in [2.24, 2.45) is 5.92 Å². The first-order valence-corrected chi connectivity index (χ1v) is 8.08. The van der Waals surface area contributed by atoms with Gasteiger partial charge in [0.15, 0.2) is 5.16 Å². The Morgan fingerprint density at radius 3 is 2.84 bits per heavy atom. The lowest BCUT2D eigenvalue weighted by Gasteiger charge is -2.33. The molecule has 0 saturated heterocycles. The second kappa shape index (κ2) is 5.32. The molecule has 19 heavy (non-hydrogen) atoms. The van der Waals surface area contributed by atoms with Crippen LogP contribution >= 0.6 is 11.8 Å². The van der Waals surface area contributed by atoms with Gasteiger partial charge in [-0.2, -0.15) is 0 Å². The predicted molar refractivity (Wildman–Crippen MR) is 76.6 cm³/mol. The summed E-state index contributed by atoms with van der Waals surface area (Å²) in [6.07, 6.45) is 5.93. The minimum atomic E-state index is -0.0464. The van der Waals surface area contributed by atoms with Crippen LogP contribution in [0.25, 0.3) is 0 Å². The van der Waals surface area contributed by atoms with Crippen molar-refractivity contribution in [3.8, 4) is 0 Å². The van der Waals surface area contributed by atoms with E-state index in [-0.39, 0.29) is 5.69 Å². The molecular weight excluding hydrogens is 260 g/mol. The third kappa shape index (κ3) is 2.74. The van der Waals surface area contributed by atoms with E-state index >= 15 is 0 Å². The second-order valence-corrected chi connectivity index (χ2v) is 7.09. The Hall–Kier alpha value is -0.750. The van der Waals surface area contributed by atoms with E-state index in [4.69, 9.17) is 0 Å². The average molecular weight is 282 g/mol. The Morgan fingerprint density at radius 2 is 2.16 bits per heavy atom. The van der Waals surface area contributed by atoms with Crippen LogP contribution in [0.15, 0.2) is 9.95 Å². The summed E-state index contributed by atoms with van der Waals surface area (Å²) in [5.74, 6) is 0.766. The summed E-state index contributed by atoms with van der Waals surface area (Å²) < 4.78 is 1.86. The molecule has 0 aliphatic heterocycles. The summed E-state index contributed by atoms with van der Waals surface area (Å²) >= 11 is 1.77. The van der Waals surface area contributed by atoms with Crippen LogP contribution in [-0.4, -0.2) is 33.1 Å². The van der Waals surface area contributed by atoms with Gasteiger partial charge in [0.1, 0.15) is 0 Å². The Bertz CT molecular complexity index is 493. The molecule has 1 aromatic heterocycles. The fourth-order valence-corrected chi connectivity index (χ4v) is 4.53. The molecule has 3 atom stereocenters. The van der Waals surface area contributed by atoms with Crippen molar-refractivity contribution < 1.29 is 0 Å². The Kier molecular flexibility index (Phi) is 3.71. The number of hydrogen-bond acceptors (Lipinski definition) is 4. The highest BCUT2D eigenvalue weighted by Crippen LogP contribution is 2.40. The summed E-state index contributed by atoms with van der Waals surface area (Å²) in [5.41, 5.74) is -0.0464. The van der Waals surface area contributed by atoms with Crippen molar-refractivity contribution in [2.45, 2.75) is 61.5 Å². The van der Waals surface area contributed by atoms with E-state index in [0.717, 1.165) is 23.9 Å². The molecule has 1 heterocycles. The van der Waals surface area contributed by atoms with Gasteiger partial charge in [0, 0.05) is 17.3 Å². The zero-order chi connectivity index (χ0) is 13.4. The maximum atomic E-state index is 11.8. The zero-order valence-corrected chi connectivity index (χ0v) is 12.4. The third-order valence-corrected chi connectivity index (χ3v) is 5.59. The Morgan fingerprint density at radius 1 is 1.37 bits per heavy atom.